The van der Waals surface area contributed by atoms with E-state index in [2.05, 4.69) is 35.3 Å². The number of carbonyl (C=O) groups excluding carboxylic acids is 2. The van der Waals surface area contributed by atoms with Gasteiger partial charge in [-0.2, -0.15) is 5.10 Å². The molecule has 1 aromatic heterocycles. The summed E-state index contributed by atoms with van der Waals surface area (Å²) in [7, 11) is 0. The second-order valence-electron chi connectivity index (χ2n) is 10.8. The number of ketones is 1. The number of allylic oxidation sites excluding steroid dienone is 2. The largest absolute Gasteiger partial charge is 0.371 e. The maximum Gasteiger partial charge on any atom is 0.250 e. The predicted molar refractivity (Wildman–Crippen MR) is 134 cm³/mol. The van der Waals surface area contributed by atoms with Crippen molar-refractivity contribution in [1.29, 1.82) is 0 Å². The summed E-state index contributed by atoms with van der Waals surface area (Å²) in [6.07, 6.45) is 11.6. The molecule has 2 fully saturated rings. The summed E-state index contributed by atoms with van der Waals surface area (Å²) in [4.78, 5) is 29.9. The van der Waals surface area contributed by atoms with Crippen molar-refractivity contribution in [2.75, 3.05) is 26.2 Å². The van der Waals surface area contributed by atoms with E-state index in [0.717, 1.165) is 55.0 Å². The van der Waals surface area contributed by atoms with Gasteiger partial charge >= 0.3 is 0 Å². The molecule has 7 nitrogen and oxygen atoms in total. The van der Waals surface area contributed by atoms with Gasteiger partial charge in [-0.05, 0) is 69.7 Å². The fourth-order valence-corrected chi connectivity index (χ4v) is 5.91. The maximum atomic E-state index is 12.7. The van der Waals surface area contributed by atoms with Gasteiger partial charge in [-0.25, -0.2) is 0 Å². The summed E-state index contributed by atoms with van der Waals surface area (Å²) in [5.41, 5.74) is 9.54. The molecule has 2 saturated heterocycles. The van der Waals surface area contributed by atoms with Crippen molar-refractivity contribution in [3.8, 4) is 0 Å². The molecule has 0 bridgehead atoms. The van der Waals surface area contributed by atoms with Gasteiger partial charge in [-0.1, -0.05) is 26.5 Å². The average molecular weight is 466 g/mol. The minimum absolute atomic E-state index is 0.0759. The summed E-state index contributed by atoms with van der Waals surface area (Å²) in [6.45, 7) is 14.8. The third kappa shape index (κ3) is 5.04. The first-order chi connectivity index (χ1) is 16.2. The van der Waals surface area contributed by atoms with Gasteiger partial charge in [0.15, 0.2) is 5.78 Å². The second kappa shape index (κ2) is 9.90. The lowest BCUT2D eigenvalue weighted by Crippen LogP contribution is -2.43. The molecule has 3 heterocycles. The molecule has 4 rings (SSSR count). The molecule has 0 atom stereocenters. The first-order valence-electron chi connectivity index (χ1n) is 12.6. The fourth-order valence-electron chi connectivity index (χ4n) is 5.91. The monoisotopic (exact) mass is 465 g/mol. The van der Waals surface area contributed by atoms with Crippen molar-refractivity contribution >= 4 is 11.7 Å². The van der Waals surface area contributed by atoms with Crippen molar-refractivity contribution in [3.63, 3.8) is 0 Å². The highest BCUT2D eigenvalue weighted by Crippen LogP contribution is 2.36. The van der Waals surface area contributed by atoms with E-state index in [1.807, 2.05) is 17.7 Å². The number of primary amides is 1. The lowest BCUT2D eigenvalue weighted by Gasteiger charge is -2.38. The summed E-state index contributed by atoms with van der Waals surface area (Å²) in [5, 5.41) is 4.63. The van der Waals surface area contributed by atoms with E-state index in [1.165, 1.54) is 25.9 Å². The van der Waals surface area contributed by atoms with E-state index in [1.54, 1.807) is 12.2 Å². The highest BCUT2D eigenvalue weighted by molar-refractivity contribution is 5.99. The zero-order valence-electron chi connectivity index (χ0n) is 21.0. The number of aromatic nitrogens is 2. The third-order valence-corrected chi connectivity index (χ3v) is 7.56. The second-order valence-corrected chi connectivity index (χ2v) is 10.8. The third-order valence-electron chi connectivity index (χ3n) is 7.56. The Morgan fingerprint density at radius 1 is 1.18 bits per heavy atom. The first kappa shape index (κ1) is 24.5. The van der Waals surface area contributed by atoms with Gasteiger partial charge in [0.25, 0.3) is 5.91 Å². The van der Waals surface area contributed by atoms with Gasteiger partial charge in [0.05, 0.1) is 29.1 Å². The molecule has 184 valence electrons. The molecule has 1 amide bonds. The van der Waals surface area contributed by atoms with Crippen molar-refractivity contribution in [3.05, 3.63) is 53.0 Å². The Kier molecular flexibility index (Phi) is 7.12. The normalized spacial score (nSPS) is 22.2. The molecule has 34 heavy (non-hydrogen) atoms. The fraction of sp³-hybridized carbons (Fsp3) is 0.593. The number of rotatable bonds is 7. The predicted octanol–water partition coefficient (Wildman–Crippen LogP) is 3.39. The molecule has 1 aromatic rings. The number of piperidine rings is 1. The SMILES string of the molecule is C=C/C(=C(\C=C/Cn1nc(C)c2c1CC(C)(C)CC2=O)C(N)=O)N1CCC(N2CCCC2)CC1. The van der Waals surface area contributed by atoms with Crippen LogP contribution in [0.3, 0.4) is 0 Å². The number of hydrogen-bond donors (Lipinski definition) is 1. The Labute approximate surface area is 203 Å². The summed E-state index contributed by atoms with van der Waals surface area (Å²) in [6, 6.07) is 0.638. The van der Waals surface area contributed by atoms with Crippen LogP contribution in [-0.2, 0) is 17.8 Å². The van der Waals surface area contributed by atoms with Gasteiger partial charge in [0.1, 0.15) is 0 Å². The van der Waals surface area contributed by atoms with Gasteiger partial charge in [-0.15, -0.1) is 0 Å². The van der Waals surface area contributed by atoms with Crippen LogP contribution in [0, 0.1) is 12.3 Å². The van der Waals surface area contributed by atoms with E-state index in [-0.39, 0.29) is 11.2 Å². The van der Waals surface area contributed by atoms with Crippen LogP contribution < -0.4 is 5.73 Å². The zero-order chi connectivity index (χ0) is 24.5. The molecule has 3 aliphatic rings. The number of carbonyl (C=O) groups is 2. The standard InChI is InChI=1S/C27H39N5O2/c1-5-22(31-15-10-20(11-16-31)30-12-6-7-13-30)21(26(28)34)9-8-14-32-23-17-27(3,4)18-24(33)25(23)19(2)29-32/h5,8-9,20H,1,6-7,10-18H2,2-4H3,(H2,28,34)/b9-8-,22-21-. The molecule has 2 aliphatic heterocycles. The summed E-state index contributed by atoms with van der Waals surface area (Å²) >= 11 is 0. The minimum Gasteiger partial charge on any atom is -0.371 e. The van der Waals surface area contributed by atoms with Gasteiger partial charge in [0.2, 0.25) is 0 Å². The van der Waals surface area contributed by atoms with Gasteiger partial charge in [-0.3, -0.25) is 14.3 Å². The number of nitrogens with two attached hydrogens (primary N) is 1. The Morgan fingerprint density at radius 3 is 2.47 bits per heavy atom. The van der Waals surface area contributed by atoms with Crippen LogP contribution in [-0.4, -0.2) is 63.5 Å². The van der Waals surface area contributed by atoms with Crippen molar-refractivity contribution in [2.45, 2.75) is 71.9 Å². The highest BCUT2D eigenvalue weighted by Gasteiger charge is 2.35. The number of amides is 1. The Hall–Kier alpha value is -2.67. The molecule has 1 aliphatic carbocycles. The van der Waals surface area contributed by atoms with E-state index in [0.29, 0.717) is 24.6 Å². The minimum atomic E-state index is -0.456. The maximum absolute atomic E-state index is 12.7. The molecule has 0 radical (unpaired) electrons. The Balaban J connectivity index is 1.50. The lowest BCUT2D eigenvalue weighted by molar-refractivity contribution is -0.114. The van der Waals surface area contributed by atoms with E-state index < -0.39 is 5.91 Å². The molecule has 0 unspecified atom stereocenters. The van der Waals surface area contributed by atoms with Crippen molar-refractivity contribution in [1.82, 2.24) is 19.6 Å². The Morgan fingerprint density at radius 2 is 1.85 bits per heavy atom. The van der Waals surface area contributed by atoms with E-state index in [9.17, 15) is 9.59 Å². The molecule has 0 aromatic carbocycles. The first-order valence-corrected chi connectivity index (χ1v) is 12.6. The van der Waals surface area contributed by atoms with Crippen LogP contribution in [0.15, 0.2) is 36.1 Å². The van der Waals surface area contributed by atoms with Crippen LogP contribution in [0.5, 0.6) is 0 Å². The Bertz CT molecular complexity index is 1020. The van der Waals surface area contributed by atoms with Crippen molar-refractivity contribution in [2.24, 2.45) is 11.1 Å². The lowest BCUT2D eigenvalue weighted by atomic mass is 9.75. The number of Topliss-reactive ketones (excluding diaryl/α,β-unsaturated/α-hetero) is 1. The zero-order valence-corrected chi connectivity index (χ0v) is 21.0. The molecule has 0 spiro atoms. The number of aryl methyl sites for hydroxylation is 1. The molecule has 7 heteroatoms. The molecular weight excluding hydrogens is 426 g/mol. The van der Waals surface area contributed by atoms with Crippen molar-refractivity contribution < 1.29 is 9.59 Å². The quantitative estimate of drug-likeness (QED) is 0.493. The molecule has 2 N–H and O–H groups in total. The van der Waals surface area contributed by atoms with Crippen LogP contribution in [0.25, 0.3) is 0 Å². The number of hydrogen-bond acceptors (Lipinski definition) is 5. The highest BCUT2D eigenvalue weighted by atomic mass is 16.1. The van der Waals surface area contributed by atoms with Crippen LogP contribution >= 0.6 is 0 Å². The summed E-state index contributed by atoms with van der Waals surface area (Å²) in [5.74, 6) is -0.286. The van der Waals surface area contributed by atoms with Crippen LogP contribution in [0.2, 0.25) is 0 Å². The number of nitrogens with zero attached hydrogens (tertiary/aromatic N) is 4. The van der Waals surface area contributed by atoms with Crippen LogP contribution in [0.4, 0.5) is 0 Å². The number of fused-ring (bicyclic) bond motifs is 1. The van der Waals surface area contributed by atoms with Gasteiger partial charge in [0, 0.05) is 31.2 Å². The molecule has 0 saturated carbocycles. The van der Waals surface area contributed by atoms with Gasteiger partial charge < -0.3 is 15.5 Å². The smallest absolute Gasteiger partial charge is 0.250 e. The number of likely N-dealkylation sites (tertiary alicyclic amines) is 2. The van der Waals surface area contributed by atoms with E-state index >= 15 is 0 Å². The average Bonchev–Trinajstić information content (AvgIpc) is 3.41. The summed E-state index contributed by atoms with van der Waals surface area (Å²) < 4.78 is 1.90. The topological polar surface area (TPSA) is 84.5 Å². The van der Waals surface area contributed by atoms with E-state index in [4.69, 9.17) is 5.73 Å². The molecular formula is C27H39N5O2. The van der Waals surface area contributed by atoms with Crippen LogP contribution in [0.1, 0.15) is 67.7 Å².